The highest BCUT2D eigenvalue weighted by Gasteiger charge is 2.39. The summed E-state index contributed by atoms with van der Waals surface area (Å²) in [6.07, 6.45) is 3.83. The van der Waals surface area contributed by atoms with E-state index in [-0.39, 0.29) is 35.7 Å². The monoisotopic (exact) mass is 812 g/mol. The lowest BCUT2D eigenvalue weighted by Crippen LogP contribution is -2.51. The Morgan fingerprint density at radius 3 is 1.77 bits per heavy atom. The van der Waals surface area contributed by atoms with Gasteiger partial charge in [-0.2, -0.15) is 0 Å². The third-order valence-corrected chi connectivity index (χ3v) is 12.1. The molecule has 6 aromatic rings. The largest absolute Gasteiger partial charge is 0.453 e. The first kappa shape index (κ1) is 40.3. The maximum Gasteiger partial charge on any atom is 0.407 e. The number of nitrogens with zero attached hydrogens (tertiary/aromatic N) is 4. The number of imidazole rings is 2. The molecule has 0 bridgehead atoms. The summed E-state index contributed by atoms with van der Waals surface area (Å²) < 4.78 is 9.56. The van der Waals surface area contributed by atoms with Crippen LogP contribution in [0, 0.1) is 11.8 Å². The zero-order chi connectivity index (χ0) is 42.2. The van der Waals surface area contributed by atoms with Crippen molar-refractivity contribution in [3.05, 3.63) is 84.6 Å². The number of carbonyl (C=O) groups excluding carboxylic acids is 4. The average Bonchev–Trinajstić information content (AvgIpc) is 4.09. The van der Waals surface area contributed by atoms with Gasteiger partial charge in [0.05, 0.1) is 49.2 Å². The Labute approximate surface area is 348 Å². The van der Waals surface area contributed by atoms with Gasteiger partial charge in [0, 0.05) is 24.0 Å². The van der Waals surface area contributed by atoms with Crippen molar-refractivity contribution in [3.63, 3.8) is 0 Å². The van der Waals surface area contributed by atoms with E-state index in [1.165, 1.54) is 14.2 Å². The Bertz CT molecular complexity index is 2600. The van der Waals surface area contributed by atoms with Gasteiger partial charge < -0.3 is 39.9 Å². The number of hydrogen-bond acceptors (Lipinski definition) is 8. The first-order chi connectivity index (χ1) is 28.9. The van der Waals surface area contributed by atoms with Crippen LogP contribution in [0.5, 0.6) is 0 Å². The lowest BCUT2D eigenvalue weighted by atomic mass is 9.97. The number of ether oxygens (including phenoxy) is 2. The second-order valence-corrected chi connectivity index (χ2v) is 16.6. The number of methoxy groups -OCH3 is 2. The van der Waals surface area contributed by atoms with E-state index in [4.69, 9.17) is 19.4 Å². The molecular formula is C46H52N8O6. The lowest BCUT2D eigenvalue weighted by molar-refractivity contribution is -0.136. The lowest BCUT2D eigenvalue weighted by Gasteiger charge is -2.30. The van der Waals surface area contributed by atoms with E-state index >= 15 is 0 Å². The second-order valence-electron chi connectivity index (χ2n) is 16.6. The van der Waals surface area contributed by atoms with Gasteiger partial charge in [-0.05, 0) is 89.1 Å². The van der Waals surface area contributed by atoms with Crippen LogP contribution in [-0.4, -0.2) is 93.1 Å². The van der Waals surface area contributed by atoms with Gasteiger partial charge in [0.25, 0.3) is 0 Å². The third kappa shape index (κ3) is 7.73. The van der Waals surface area contributed by atoms with E-state index in [1.807, 2.05) is 49.8 Å². The van der Waals surface area contributed by atoms with Gasteiger partial charge in [0.2, 0.25) is 11.8 Å². The highest BCUT2D eigenvalue weighted by molar-refractivity contribution is 6.06. The number of likely N-dealkylation sites (tertiary alicyclic amines) is 2. The normalized spacial score (nSPS) is 17.8. The number of rotatable bonds is 10. The van der Waals surface area contributed by atoms with Gasteiger partial charge in [-0.15, -0.1) is 0 Å². The zero-order valence-corrected chi connectivity index (χ0v) is 34.9. The number of benzene rings is 4. The second kappa shape index (κ2) is 16.7. The summed E-state index contributed by atoms with van der Waals surface area (Å²) in [6, 6.07) is 21.6. The molecule has 0 spiro atoms. The molecule has 14 heteroatoms. The number of amides is 4. The van der Waals surface area contributed by atoms with Crippen LogP contribution in [0.15, 0.2) is 72.9 Å². The van der Waals surface area contributed by atoms with Gasteiger partial charge >= 0.3 is 12.2 Å². The Balaban J connectivity index is 0.998. The van der Waals surface area contributed by atoms with Crippen LogP contribution in [0.4, 0.5) is 9.59 Å². The molecule has 2 saturated heterocycles. The fraction of sp³-hybridized carbons (Fsp3) is 0.391. The van der Waals surface area contributed by atoms with E-state index in [0.717, 1.165) is 92.3 Å². The molecule has 1 unspecified atom stereocenters. The molecule has 4 N–H and O–H groups in total. The summed E-state index contributed by atoms with van der Waals surface area (Å²) >= 11 is 0. The van der Waals surface area contributed by atoms with Crippen molar-refractivity contribution >= 4 is 56.6 Å². The Kier molecular flexibility index (Phi) is 11.2. The number of aromatic nitrogens is 4. The molecule has 0 saturated carbocycles. The fourth-order valence-corrected chi connectivity index (χ4v) is 8.79. The van der Waals surface area contributed by atoms with E-state index in [1.54, 1.807) is 0 Å². The van der Waals surface area contributed by atoms with Crippen LogP contribution in [-0.2, 0) is 19.1 Å². The summed E-state index contributed by atoms with van der Waals surface area (Å²) in [5, 5.41) is 9.70. The van der Waals surface area contributed by atoms with Gasteiger partial charge in [-0.3, -0.25) is 9.59 Å². The average molecular weight is 813 g/mol. The van der Waals surface area contributed by atoms with E-state index in [2.05, 4.69) is 81.3 Å². The van der Waals surface area contributed by atoms with Crippen LogP contribution in [0.2, 0.25) is 0 Å². The van der Waals surface area contributed by atoms with Crippen molar-refractivity contribution in [2.45, 2.75) is 77.5 Å². The number of carbonyl (C=O) groups is 4. The quantitative estimate of drug-likeness (QED) is 0.108. The molecule has 0 aliphatic carbocycles. The molecule has 2 aromatic heterocycles. The molecule has 4 atom stereocenters. The maximum absolute atomic E-state index is 13.7. The number of alkyl carbamates (subject to hydrolysis) is 2. The number of hydrogen-bond donors (Lipinski definition) is 4. The minimum atomic E-state index is -0.694. The number of fused-ring (bicyclic) bond motifs is 4. The van der Waals surface area contributed by atoms with Crippen LogP contribution in [0.3, 0.4) is 0 Å². The molecule has 0 radical (unpaired) electrons. The number of nitrogens with one attached hydrogen (secondary N) is 4. The maximum atomic E-state index is 13.7. The topological polar surface area (TPSA) is 175 Å². The van der Waals surface area contributed by atoms with Crippen LogP contribution in [0.25, 0.3) is 55.0 Å². The summed E-state index contributed by atoms with van der Waals surface area (Å²) in [5.74, 6) is 0.982. The van der Waals surface area contributed by atoms with Crippen LogP contribution in [0.1, 0.15) is 77.1 Å². The number of aromatic amines is 2. The van der Waals surface area contributed by atoms with Crippen molar-refractivity contribution in [3.8, 4) is 22.4 Å². The predicted octanol–water partition coefficient (Wildman–Crippen LogP) is 8.01. The Morgan fingerprint density at radius 2 is 1.18 bits per heavy atom. The first-order valence-corrected chi connectivity index (χ1v) is 20.8. The van der Waals surface area contributed by atoms with E-state index in [0.29, 0.717) is 13.1 Å². The molecule has 4 amide bonds. The summed E-state index contributed by atoms with van der Waals surface area (Å²) in [6.45, 7) is 8.82. The molecule has 8 rings (SSSR count). The highest BCUT2D eigenvalue weighted by atomic mass is 16.5. The van der Waals surface area contributed by atoms with Gasteiger partial charge in [0.1, 0.15) is 23.7 Å². The minimum Gasteiger partial charge on any atom is -0.453 e. The molecule has 4 heterocycles. The molecule has 60 heavy (non-hydrogen) atoms. The minimum absolute atomic E-state index is 0.107. The SMILES string of the molecule is COC(=O)NC(C(=O)N1CCC[C@H]1c1ncc(-c2ccc3cc(-c4ccc5c(ccc6[nH]c([C@@H]7CCCN7C(=O)[C@@H](NC(=O)OC)C(C)C)nc65)c4)ccc3c2)[nH]1)C(C)C. The molecule has 2 fully saturated rings. The van der Waals surface area contributed by atoms with Crippen molar-refractivity contribution in [2.75, 3.05) is 27.3 Å². The number of H-pyrrole nitrogens is 2. The van der Waals surface area contributed by atoms with Crippen molar-refractivity contribution in [1.29, 1.82) is 0 Å². The zero-order valence-electron chi connectivity index (χ0n) is 34.9. The predicted molar refractivity (Wildman–Crippen MR) is 230 cm³/mol. The molecule has 14 nitrogen and oxygen atoms in total. The smallest absolute Gasteiger partial charge is 0.407 e. The summed E-state index contributed by atoms with van der Waals surface area (Å²) in [5.41, 5.74) is 5.81. The Morgan fingerprint density at radius 1 is 0.667 bits per heavy atom. The summed E-state index contributed by atoms with van der Waals surface area (Å²) in [7, 11) is 2.59. The molecule has 4 aromatic carbocycles. The Hall–Kier alpha value is -6.44. The van der Waals surface area contributed by atoms with E-state index < -0.39 is 24.3 Å². The molecule has 2 aliphatic heterocycles. The van der Waals surface area contributed by atoms with Gasteiger partial charge in [-0.1, -0.05) is 70.2 Å². The van der Waals surface area contributed by atoms with Crippen LogP contribution >= 0.6 is 0 Å². The van der Waals surface area contributed by atoms with E-state index in [9.17, 15) is 19.2 Å². The van der Waals surface area contributed by atoms with Gasteiger partial charge in [0.15, 0.2) is 0 Å². The summed E-state index contributed by atoms with van der Waals surface area (Å²) in [4.78, 5) is 71.8. The standard InChI is InChI=1S/C46H52N8O6/c1-25(2)38(51-45(57)59-5)43(55)53-19-7-9-36(53)41-47-24-35(49-41)32-14-13-28-21-27(11-12-29(28)23-32)30-15-17-33-31(22-30)16-18-34-40(33)50-42(48-34)37-10-8-20-54(37)44(56)39(26(3)4)52-46(58)60-6/h11-18,21-26,36-39H,7-10,19-20H2,1-6H3,(H,47,49)(H,48,50)(H,51,57)(H,52,58)/t36-,37-,38?,39-/m0/s1. The molecule has 312 valence electrons. The molecular weight excluding hydrogens is 761 g/mol. The molecule has 2 aliphatic rings. The first-order valence-electron chi connectivity index (χ1n) is 20.8. The van der Waals surface area contributed by atoms with Crippen molar-refractivity contribution in [2.24, 2.45) is 11.8 Å². The van der Waals surface area contributed by atoms with Crippen molar-refractivity contribution in [1.82, 2.24) is 40.4 Å². The third-order valence-electron chi connectivity index (χ3n) is 12.1. The fourth-order valence-electron chi connectivity index (χ4n) is 8.79. The highest BCUT2D eigenvalue weighted by Crippen LogP contribution is 2.37. The van der Waals surface area contributed by atoms with Crippen molar-refractivity contribution < 1.29 is 28.7 Å². The van der Waals surface area contributed by atoms with Gasteiger partial charge in [-0.25, -0.2) is 19.6 Å². The van der Waals surface area contributed by atoms with Crippen LogP contribution < -0.4 is 10.6 Å².